The number of amides is 1. The number of hydrogen-bond acceptors (Lipinski definition) is 4. The van der Waals surface area contributed by atoms with Gasteiger partial charge in [-0.25, -0.2) is 8.42 Å². The Bertz CT molecular complexity index is 1000. The maximum absolute atomic E-state index is 13.6. The Hall–Kier alpha value is -2.38. The van der Waals surface area contributed by atoms with Gasteiger partial charge in [-0.05, 0) is 60.7 Å². The van der Waals surface area contributed by atoms with Crippen molar-refractivity contribution in [1.82, 2.24) is 4.31 Å². The first-order chi connectivity index (χ1) is 14.0. The summed E-state index contributed by atoms with van der Waals surface area (Å²) in [5.41, 5.74) is 2.57. The fourth-order valence-electron chi connectivity index (χ4n) is 4.18. The van der Waals surface area contributed by atoms with Crippen molar-refractivity contribution >= 4 is 21.6 Å². The Morgan fingerprint density at radius 1 is 1.03 bits per heavy atom. The fourth-order valence-corrected chi connectivity index (χ4v) is 5.92. The summed E-state index contributed by atoms with van der Waals surface area (Å²) in [7, 11) is -2.04. The Labute approximate surface area is 171 Å². The van der Waals surface area contributed by atoms with Crippen molar-refractivity contribution in [1.29, 1.82) is 0 Å². The number of benzene rings is 2. The highest BCUT2D eigenvalue weighted by Crippen LogP contribution is 2.36. The number of sulfonamides is 1. The molecule has 1 N–H and O–H groups in total. The van der Waals surface area contributed by atoms with Crippen molar-refractivity contribution in [2.24, 2.45) is 0 Å². The Morgan fingerprint density at radius 3 is 2.59 bits per heavy atom. The molecule has 6 nitrogen and oxygen atoms in total. The van der Waals surface area contributed by atoms with E-state index in [0.29, 0.717) is 30.0 Å². The van der Waals surface area contributed by atoms with Crippen molar-refractivity contribution in [2.75, 3.05) is 19.0 Å². The number of carbonyl (C=O) groups excluding carboxylic acids is 1. The number of hydrogen-bond donors (Lipinski definition) is 1. The minimum Gasteiger partial charge on any atom is -0.497 e. The number of ether oxygens (including phenoxy) is 1. The van der Waals surface area contributed by atoms with Gasteiger partial charge in [-0.15, -0.1) is 0 Å². The van der Waals surface area contributed by atoms with Crippen molar-refractivity contribution in [3.05, 3.63) is 53.6 Å². The molecule has 0 spiro atoms. The van der Waals surface area contributed by atoms with Crippen molar-refractivity contribution < 1.29 is 17.9 Å². The molecule has 0 saturated carbocycles. The molecule has 0 bridgehead atoms. The summed E-state index contributed by atoms with van der Waals surface area (Å²) < 4.78 is 34.1. The molecule has 1 fully saturated rings. The number of rotatable bonds is 4. The van der Waals surface area contributed by atoms with Crippen LogP contribution in [0.3, 0.4) is 0 Å². The molecule has 1 saturated heterocycles. The molecule has 0 unspecified atom stereocenters. The summed E-state index contributed by atoms with van der Waals surface area (Å²) in [6.07, 6.45) is 4.62. The summed E-state index contributed by atoms with van der Waals surface area (Å²) in [5, 5.41) is 2.81. The number of nitrogens with one attached hydrogen (secondary N) is 1. The number of anilines is 1. The predicted octanol–water partition coefficient (Wildman–Crippen LogP) is 3.89. The lowest BCUT2D eigenvalue weighted by Gasteiger charge is -2.30. The molecule has 1 atom stereocenters. The largest absolute Gasteiger partial charge is 0.497 e. The molecule has 154 valence electrons. The highest BCUT2D eigenvalue weighted by molar-refractivity contribution is 7.89. The van der Waals surface area contributed by atoms with Crippen LogP contribution in [0.2, 0.25) is 0 Å². The molecule has 2 aromatic carbocycles. The third-order valence-corrected chi connectivity index (χ3v) is 7.69. The molecular weight excluding hydrogens is 388 g/mol. The average Bonchev–Trinajstić information content (AvgIpc) is 3.00. The Kier molecular flexibility index (Phi) is 5.61. The van der Waals surface area contributed by atoms with Gasteiger partial charge in [0.25, 0.3) is 0 Å². The summed E-state index contributed by atoms with van der Waals surface area (Å²) in [6.45, 7) is 0.507. The van der Waals surface area contributed by atoms with Gasteiger partial charge >= 0.3 is 0 Å². The second-order valence-corrected chi connectivity index (χ2v) is 9.51. The van der Waals surface area contributed by atoms with Gasteiger partial charge in [0.2, 0.25) is 15.9 Å². The molecule has 1 amide bonds. The second kappa shape index (κ2) is 8.16. The van der Waals surface area contributed by atoms with Gasteiger partial charge in [0.05, 0.1) is 18.0 Å². The maximum Gasteiger partial charge on any atom is 0.243 e. The highest BCUT2D eigenvalue weighted by Gasteiger charge is 2.34. The summed E-state index contributed by atoms with van der Waals surface area (Å²) in [5.74, 6) is 0.730. The molecule has 0 radical (unpaired) electrons. The Morgan fingerprint density at radius 2 is 1.83 bits per heavy atom. The van der Waals surface area contributed by atoms with Gasteiger partial charge in [0.1, 0.15) is 5.75 Å². The van der Waals surface area contributed by atoms with E-state index < -0.39 is 10.0 Å². The molecule has 2 aliphatic heterocycles. The standard InChI is InChI=1S/C22H26N2O4S/c1-28-18-9-6-16(7-10-18)21-5-3-2-4-14-24(21)29(26,27)19-11-12-20-17(15-19)8-13-22(25)23-20/h6-7,9-12,15,21H,2-5,8,13-14H2,1H3,(H,23,25)/t21-/m0/s1. The maximum atomic E-state index is 13.6. The van der Waals surface area contributed by atoms with E-state index in [1.807, 2.05) is 24.3 Å². The molecule has 0 aliphatic carbocycles. The third kappa shape index (κ3) is 4.02. The topological polar surface area (TPSA) is 75.7 Å². The lowest BCUT2D eigenvalue weighted by Crippen LogP contribution is -2.35. The van der Waals surface area contributed by atoms with Gasteiger partial charge in [0.15, 0.2) is 0 Å². The number of fused-ring (bicyclic) bond motifs is 1. The van der Waals surface area contributed by atoms with Crippen LogP contribution in [-0.4, -0.2) is 32.3 Å². The minimum atomic E-state index is -3.66. The number of nitrogens with zero attached hydrogens (tertiary/aromatic N) is 1. The van der Waals surface area contributed by atoms with Crippen LogP contribution >= 0.6 is 0 Å². The normalized spacial score (nSPS) is 20.4. The average molecular weight is 415 g/mol. The molecule has 2 heterocycles. The number of carbonyl (C=O) groups is 1. The first kappa shape index (κ1) is 19.9. The van der Waals surface area contributed by atoms with Gasteiger partial charge in [-0.1, -0.05) is 25.0 Å². The van der Waals surface area contributed by atoms with Crippen LogP contribution in [0.1, 0.15) is 49.3 Å². The van der Waals surface area contributed by atoms with Crippen molar-refractivity contribution in [2.45, 2.75) is 49.5 Å². The van der Waals surface area contributed by atoms with E-state index in [4.69, 9.17) is 4.74 Å². The van der Waals surface area contributed by atoms with E-state index in [9.17, 15) is 13.2 Å². The lowest BCUT2D eigenvalue weighted by atomic mass is 10.0. The molecule has 29 heavy (non-hydrogen) atoms. The third-order valence-electron chi connectivity index (χ3n) is 5.78. The first-order valence-electron chi connectivity index (χ1n) is 10.1. The Balaban J connectivity index is 1.69. The van der Waals surface area contributed by atoms with Crippen LogP contribution in [0.5, 0.6) is 5.75 Å². The van der Waals surface area contributed by atoms with E-state index >= 15 is 0 Å². The van der Waals surface area contributed by atoms with Crippen LogP contribution in [0.4, 0.5) is 5.69 Å². The molecule has 7 heteroatoms. The van der Waals surface area contributed by atoms with Crippen molar-refractivity contribution in [3.8, 4) is 5.75 Å². The van der Waals surface area contributed by atoms with E-state index in [0.717, 1.165) is 42.6 Å². The van der Waals surface area contributed by atoms with Gasteiger partial charge < -0.3 is 10.1 Å². The van der Waals surface area contributed by atoms with Crippen LogP contribution < -0.4 is 10.1 Å². The summed E-state index contributed by atoms with van der Waals surface area (Å²) in [4.78, 5) is 11.9. The molecule has 2 aromatic rings. The molecule has 2 aliphatic rings. The zero-order valence-electron chi connectivity index (χ0n) is 16.6. The van der Waals surface area contributed by atoms with Gasteiger partial charge in [-0.3, -0.25) is 4.79 Å². The molecule has 4 rings (SSSR count). The van der Waals surface area contributed by atoms with E-state index in [1.165, 1.54) is 0 Å². The van der Waals surface area contributed by atoms with E-state index in [-0.39, 0.29) is 11.9 Å². The van der Waals surface area contributed by atoms with Crippen LogP contribution in [0.15, 0.2) is 47.4 Å². The molecular formula is C22H26N2O4S. The van der Waals surface area contributed by atoms with Crippen LogP contribution in [-0.2, 0) is 21.2 Å². The zero-order chi connectivity index (χ0) is 20.4. The second-order valence-electron chi connectivity index (χ2n) is 7.62. The predicted molar refractivity (Wildman–Crippen MR) is 111 cm³/mol. The minimum absolute atomic E-state index is 0.0276. The monoisotopic (exact) mass is 414 g/mol. The SMILES string of the molecule is COc1ccc([C@@H]2CCCCCN2S(=O)(=O)c2ccc3c(c2)CCC(=O)N3)cc1. The summed E-state index contributed by atoms with van der Waals surface area (Å²) >= 11 is 0. The highest BCUT2D eigenvalue weighted by atomic mass is 32.2. The van der Waals surface area contributed by atoms with Crippen LogP contribution in [0, 0.1) is 0 Å². The zero-order valence-corrected chi connectivity index (χ0v) is 17.4. The number of methoxy groups -OCH3 is 1. The number of aryl methyl sites for hydroxylation is 1. The van der Waals surface area contributed by atoms with E-state index in [2.05, 4.69) is 5.32 Å². The van der Waals surface area contributed by atoms with Crippen LogP contribution in [0.25, 0.3) is 0 Å². The van der Waals surface area contributed by atoms with E-state index in [1.54, 1.807) is 29.6 Å². The lowest BCUT2D eigenvalue weighted by molar-refractivity contribution is -0.116. The smallest absolute Gasteiger partial charge is 0.243 e. The van der Waals surface area contributed by atoms with Crippen molar-refractivity contribution in [3.63, 3.8) is 0 Å². The van der Waals surface area contributed by atoms with Gasteiger partial charge in [-0.2, -0.15) is 4.31 Å². The van der Waals surface area contributed by atoms with Gasteiger partial charge in [0, 0.05) is 18.7 Å². The molecule has 0 aromatic heterocycles. The summed E-state index contributed by atoms with van der Waals surface area (Å²) in [6, 6.07) is 12.5. The first-order valence-corrected chi connectivity index (χ1v) is 11.5. The quantitative estimate of drug-likeness (QED) is 0.824. The fraction of sp³-hybridized carbons (Fsp3) is 0.409.